The third-order valence-corrected chi connectivity index (χ3v) is 1.71. The Hall–Kier alpha value is -1.29. The van der Waals surface area contributed by atoms with Gasteiger partial charge in [0.05, 0.1) is 5.56 Å². The van der Waals surface area contributed by atoms with Crippen LogP contribution in [-0.4, -0.2) is 21.8 Å². The van der Waals surface area contributed by atoms with Gasteiger partial charge < -0.3 is 5.73 Å². The highest BCUT2D eigenvalue weighted by molar-refractivity contribution is 5.95. The van der Waals surface area contributed by atoms with Crippen LogP contribution in [0.2, 0.25) is 0 Å². The van der Waals surface area contributed by atoms with Crippen LogP contribution >= 0.6 is 0 Å². The van der Waals surface area contributed by atoms with Crippen LogP contribution < -0.4 is 5.73 Å². The van der Waals surface area contributed by atoms with Gasteiger partial charge in [-0.25, -0.2) is 9.97 Å². The van der Waals surface area contributed by atoms with Crippen molar-refractivity contribution in [2.45, 2.75) is 25.8 Å². The van der Waals surface area contributed by atoms with Crippen LogP contribution in [0.15, 0.2) is 18.7 Å². The van der Waals surface area contributed by atoms with Gasteiger partial charge in [-0.15, -0.1) is 0 Å². The number of Topliss-reactive ketones (excluding diaryl/α,β-unsaturated/α-hetero) is 1. The Labute approximate surface area is 77.2 Å². The average Bonchev–Trinajstić information content (AvgIpc) is 2.15. The molecule has 13 heavy (non-hydrogen) atoms. The maximum absolute atomic E-state index is 11.4. The molecular formula is C9H13N3O. The molecule has 1 atom stereocenters. The van der Waals surface area contributed by atoms with Gasteiger partial charge in [-0.3, -0.25) is 4.79 Å². The molecule has 0 aliphatic carbocycles. The molecule has 0 bridgehead atoms. The van der Waals surface area contributed by atoms with Crippen LogP contribution in [0, 0.1) is 0 Å². The van der Waals surface area contributed by atoms with Gasteiger partial charge in [-0.1, -0.05) is 0 Å². The summed E-state index contributed by atoms with van der Waals surface area (Å²) in [5.41, 5.74) is 6.09. The van der Waals surface area contributed by atoms with Gasteiger partial charge in [0.1, 0.15) is 6.33 Å². The summed E-state index contributed by atoms with van der Waals surface area (Å²) in [6.45, 7) is 1.88. The predicted molar refractivity (Wildman–Crippen MR) is 49.2 cm³/mol. The zero-order chi connectivity index (χ0) is 9.68. The van der Waals surface area contributed by atoms with Gasteiger partial charge in [0.25, 0.3) is 0 Å². The smallest absolute Gasteiger partial charge is 0.166 e. The molecule has 1 rings (SSSR count). The molecule has 0 aliphatic heterocycles. The maximum atomic E-state index is 11.4. The Bertz CT molecular complexity index is 271. The normalized spacial score (nSPS) is 12.5. The molecule has 1 unspecified atom stereocenters. The summed E-state index contributed by atoms with van der Waals surface area (Å²) in [5, 5.41) is 0. The molecule has 0 saturated carbocycles. The Balaban J connectivity index is 2.50. The molecule has 0 saturated heterocycles. The van der Waals surface area contributed by atoms with Crippen molar-refractivity contribution in [1.29, 1.82) is 0 Å². The SMILES string of the molecule is CC(N)CCC(=O)c1cncnc1. The number of rotatable bonds is 4. The zero-order valence-corrected chi connectivity index (χ0v) is 7.60. The third-order valence-electron chi connectivity index (χ3n) is 1.71. The predicted octanol–water partition coefficient (Wildman–Crippen LogP) is 0.787. The summed E-state index contributed by atoms with van der Waals surface area (Å²) in [5.74, 6) is 0.0536. The second-order valence-electron chi connectivity index (χ2n) is 3.07. The molecule has 0 fully saturated rings. The first-order chi connectivity index (χ1) is 6.20. The van der Waals surface area contributed by atoms with E-state index in [4.69, 9.17) is 5.73 Å². The number of aromatic nitrogens is 2. The maximum Gasteiger partial charge on any atom is 0.166 e. The van der Waals surface area contributed by atoms with Crippen molar-refractivity contribution in [2.75, 3.05) is 0 Å². The minimum absolute atomic E-state index is 0.0536. The van der Waals surface area contributed by atoms with Crippen LogP contribution in [0.1, 0.15) is 30.1 Å². The van der Waals surface area contributed by atoms with E-state index in [0.29, 0.717) is 18.4 Å². The lowest BCUT2D eigenvalue weighted by Gasteiger charge is -2.02. The molecule has 0 aromatic carbocycles. The average molecular weight is 179 g/mol. The molecular weight excluding hydrogens is 166 g/mol. The summed E-state index contributed by atoms with van der Waals surface area (Å²) < 4.78 is 0. The van der Waals surface area contributed by atoms with Gasteiger partial charge in [0.15, 0.2) is 5.78 Å². The molecule has 1 aromatic heterocycles. The Kier molecular flexibility index (Phi) is 3.52. The van der Waals surface area contributed by atoms with Crippen LogP contribution in [0.3, 0.4) is 0 Å². The van der Waals surface area contributed by atoms with Gasteiger partial charge in [-0.2, -0.15) is 0 Å². The minimum Gasteiger partial charge on any atom is -0.328 e. The number of carbonyl (C=O) groups excluding carboxylic acids is 1. The largest absolute Gasteiger partial charge is 0.328 e. The fourth-order valence-electron chi connectivity index (χ4n) is 0.946. The Morgan fingerprint density at radius 3 is 2.69 bits per heavy atom. The fraction of sp³-hybridized carbons (Fsp3) is 0.444. The minimum atomic E-state index is 0.0536. The molecule has 0 amide bonds. The van der Waals surface area contributed by atoms with Crippen molar-refractivity contribution in [2.24, 2.45) is 5.73 Å². The monoisotopic (exact) mass is 179 g/mol. The summed E-state index contributed by atoms with van der Waals surface area (Å²) >= 11 is 0. The van der Waals surface area contributed by atoms with Crippen LogP contribution in [0.4, 0.5) is 0 Å². The number of carbonyl (C=O) groups is 1. The number of nitrogens with zero attached hydrogens (tertiary/aromatic N) is 2. The first kappa shape index (κ1) is 9.80. The first-order valence-electron chi connectivity index (χ1n) is 4.24. The van der Waals surface area contributed by atoms with Gasteiger partial charge in [-0.05, 0) is 13.3 Å². The lowest BCUT2D eigenvalue weighted by Crippen LogP contribution is -2.16. The molecule has 4 nitrogen and oxygen atoms in total. The molecule has 70 valence electrons. The van der Waals surface area contributed by atoms with E-state index in [-0.39, 0.29) is 11.8 Å². The highest BCUT2D eigenvalue weighted by Crippen LogP contribution is 2.03. The van der Waals surface area contributed by atoms with Gasteiger partial charge in [0, 0.05) is 24.9 Å². The summed E-state index contributed by atoms with van der Waals surface area (Å²) in [6, 6.07) is 0.0635. The van der Waals surface area contributed by atoms with Crippen molar-refractivity contribution >= 4 is 5.78 Å². The topological polar surface area (TPSA) is 68.9 Å². The molecule has 0 radical (unpaired) electrons. The Morgan fingerprint density at radius 1 is 1.54 bits per heavy atom. The third kappa shape index (κ3) is 3.29. The lowest BCUT2D eigenvalue weighted by molar-refractivity contribution is 0.0977. The van der Waals surface area contributed by atoms with Gasteiger partial charge >= 0.3 is 0 Å². The van der Waals surface area contributed by atoms with Crippen molar-refractivity contribution < 1.29 is 4.79 Å². The van der Waals surface area contributed by atoms with E-state index in [1.165, 1.54) is 18.7 Å². The number of hydrogen-bond acceptors (Lipinski definition) is 4. The molecule has 2 N–H and O–H groups in total. The second kappa shape index (κ2) is 4.67. The zero-order valence-electron chi connectivity index (χ0n) is 7.60. The van der Waals surface area contributed by atoms with Gasteiger partial charge in [0.2, 0.25) is 0 Å². The molecule has 1 aromatic rings. The summed E-state index contributed by atoms with van der Waals surface area (Å²) in [6.07, 6.45) is 5.62. The van der Waals surface area contributed by atoms with Crippen molar-refractivity contribution in [3.8, 4) is 0 Å². The number of ketones is 1. The van der Waals surface area contributed by atoms with Crippen LogP contribution in [-0.2, 0) is 0 Å². The highest BCUT2D eigenvalue weighted by atomic mass is 16.1. The summed E-state index contributed by atoms with van der Waals surface area (Å²) in [4.78, 5) is 19.0. The molecule has 4 heteroatoms. The van der Waals surface area contributed by atoms with Crippen LogP contribution in [0.25, 0.3) is 0 Å². The highest BCUT2D eigenvalue weighted by Gasteiger charge is 2.06. The number of nitrogens with two attached hydrogens (primary N) is 1. The lowest BCUT2D eigenvalue weighted by atomic mass is 10.1. The van der Waals surface area contributed by atoms with Crippen molar-refractivity contribution in [3.63, 3.8) is 0 Å². The van der Waals surface area contributed by atoms with E-state index < -0.39 is 0 Å². The van der Waals surface area contributed by atoms with Crippen LogP contribution in [0.5, 0.6) is 0 Å². The van der Waals surface area contributed by atoms with E-state index in [1.54, 1.807) is 0 Å². The Morgan fingerprint density at radius 2 is 2.15 bits per heavy atom. The molecule has 0 aliphatic rings. The van der Waals surface area contributed by atoms with E-state index in [2.05, 4.69) is 9.97 Å². The quantitative estimate of drug-likeness (QED) is 0.694. The van der Waals surface area contributed by atoms with E-state index in [1.807, 2.05) is 6.92 Å². The molecule has 1 heterocycles. The number of hydrogen-bond donors (Lipinski definition) is 1. The van der Waals surface area contributed by atoms with E-state index >= 15 is 0 Å². The fourth-order valence-corrected chi connectivity index (χ4v) is 0.946. The van der Waals surface area contributed by atoms with Crippen molar-refractivity contribution in [1.82, 2.24) is 9.97 Å². The standard InChI is InChI=1S/C9H13N3O/c1-7(10)2-3-9(13)8-4-11-6-12-5-8/h4-7H,2-3,10H2,1H3. The van der Waals surface area contributed by atoms with E-state index in [0.717, 1.165) is 0 Å². The second-order valence-corrected chi connectivity index (χ2v) is 3.07. The molecule has 0 spiro atoms. The summed E-state index contributed by atoms with van der Waals surface area (Å²) in [7, 11) is 0. The van der Waals surface area contributed by atoms with E-state index in [9.17, 15) is 4.79 Å². The first-order valence-corrected chi connectivity index (χ1v) is 4.24. The van der Waals surface area contributed by atoms with Crippen molar-refractivity contribution in [3.05, 3.63) is 24.3 Å².